The lowest BCUT2D eigenvalue weighted by Crippen LogP contribution is -2.19. The predicted octanol–water partition coefficient (Wildman–Crippen LogP) is 3.02. The van der Waals surface area contributed by atoms with Gasteiger partial charge in [0, 0.05) is 6.20 Å². The van der Waals surface area contributed by atoms with Gasteiger partial charge in [-0.1, -0.05) is 23.2 Å². The van der Waals surface area contributed by atoms with Crippen molar-refractivity contribution >= 4 is 23.2 Å². The number of nitriles is 1. The first-order valence-electron chi connectivity index (χ1n) is 4.70. The first kappa shape index (κ1) is 11.7. The molecule has 0 unspecified atom stereocenters. The largest absolute Gasteiger partial charge is 0.283 e. The topological polar surface area (TPSA) is 45.8 Å². The first-order chi connectivity index (χ1) is 8.13. The molecular formula is C12H6Cl2N2O. The van der Waals surface area contributed by atoms with Crippen molar-refractivity contribution in [2.75, 3.05) is 0 Å². The van der Waals surface area contributed by atoms with Gasteiger partial charge in [0.1, 0.15) is 11.6 Å². The van der Waals surface area contributed by atoms with Crippen LogP contribution in [-0.2, 0) is 0 Å². The molecule has 0 aliphatic rings. The lowest BCUT2D eigenvalue weighted by molar-refractivity contribution is 0.982. The molecule has 0 atom stereocenters. The molecule has 0 N–H and O–H groups in total. The Labute approximate surface area is 107 Å². The van der Waals surface area contributed by atoms with Gasteiger partial charge in [-0.05, 0) is 30.3 Å². The van der Waals surface area contributed by atoms with E-state index in [1.165, 1.54) is 10.6 Å². The molecule has 0 aliphatic carbocycles. The Hall–Kier alpha value is -1.76. The molecule has 0 saturated heterocycles. The van der Waals surface area contributed by atoms with E-state index in [2.05, 4.69) is 0 Å². The molecular weight excluding hydrogens is 259 g/mol. The number of aromatic nitrogens is 1. The van der Waals surface area contributed by atoms with E-state index < -0.39 is 0 Å². The van der Waals surface area contributed by atoms with Gasteiger partial charge < -0.3 is 0 Å². The van der Waals surface area contributed by atoms with Crippen LogP contribution < -0.4 is 5.56 Å². The second-order valence-electron chi connectivity index (χ2n) is 3.31. The van der Waals surface area contributed by atoms with E-state index in [0.29, 0.717) is 15.7 Å². The van der Waals surface area contributed by atoms with E-state index in [1.807, 2.05) is 6.07 Å². The highest BCUT2D eigenvalue weighted by Gasteiger charge is 2.06. The molecule has 1 heterocycles. The van der Waals surface area contributed by atoms with Crippen LogP contribution in [0.2, 0.25) is 10.0 Å². The number of hydrogen-bond acceptors (Lipinski definition) is 2. The molecule has 1 aromatic heterocycles. The summed E-state index contributed by atoms with van der Waals surface area (Å²) < 4.78 is 1.35. The van der Waals surface area contributed by atoms with Crippen LogP contribution in [0.15, 0.2) is 41.3 Å². The maximum Gasteiger partial charge on any atom is 0.272 e. The van der Waals surface area contributed by atoms with Crippen LogP contribution >= 0.6 is 23.2 Å². The zero-order valence-corrected chi connectivity index (χ0v) is 10.0. The summed E-state index contributed by atoms with van der Waals surface area (Å²) in [7, 11) is 0. The Bertz CT molecular complexity index is 671. The van der Waals surface area contributed by atoms with Gasteiger partial charge in [0.2, 0.25) is 0 Å². The standard InChI is InChI=1S/C12H6Cl2N2O/c13-10-4-3-9(6-11(10)14)16-5-1-2-8(7-15)12(16)17/h1-6H. The van der Waals surface area contributed by atoms with Gasteiger partial charge in [-0.3, -0.25) is 9.36 Å². The fourth-order valence-electron chi connectivity index (χ4n) is 1.42. The van der Waals surface area contributed by atoms with E-state index in [4.69, 9.17) is 28.5 Å². The van der Waals surface area contributed by atoms with Crippen molar-refractivity contribution in [2.24, 2.45) is 0 Å². The quantitative estimate of drug-likeness (QED) is 0.795. The number of rotatable bonds is 1. The van der Waals surface area contributed by atoms with Crippen LogP contribution in [0.25, 0.3) is 5.69 Å². The van der Waals surface area contributed by atoms with Crippen molar-refractivity contribution in [1.29, 1.82) is 5.26 Å². The summed E-state index contributed by atoms with van der Waals surface area (Å²) in [6.07, 6.45) is 1.57. The molecule has 0 spiro atoms. The van der Waals surface area contributed by atoms with Gasteiger partial charge in [0.05, 0.1) is 15.7 Å². The third kappa shape index (κ3) is 2.19. The highest BCUT2D eigenvalue weighted by atomic mass is 35.5. The lowest BCUT2D eigenvalue weighted by Gasteiger charge is -2.06. The molecule has 3 nitrogen and oxygen atoms in total. The average Bonchev–Trinajstić information content (AvgIpc) is 2.33. The van der Waals surface area contributed by atoms with Crippen molar-refractivity contribution in [1.82, 2.24) is 4.57 Å². The number of pyridine rings is 1. The van der Waals surface area contributed by atoms with E-state index >= 15 is 0 Å². The van der Waals surface area contributed by atoms with Crippen molar-refractivity contribution in [3.8, 4) is 11.8 Å². The number of benzene rings is 1. The summed E-state index contributed by atoms with van der Waals surface area (Å²) in [5, 5.41) is 9.55. The molecule has 5 heteroatoms. The minimum Gasteiger partial charge on any atom is -0.283 e. The fourth-order valence-corrected chi connectivity index (χ4v) is 1.71. The Morgan fingerprint density at radius 3 is 2.59 bits per heavy atom. The SMILES string of the molecule is N#Cc1cccn(-c2ccc(Cl)c(Cl)c2)c1=O. The molecule has 0 aliphatic heterocycles. The molecule has 2 rings (SSSR count). The van der Waals surface area contributed by atoms with Gasteiger partial charge in [-0.2, -0.15) is 5.26 Å². The third-order valence-corrected chi connectivity index (χ3v) is 2.99. The lowest BCUT2D eigenvalue weighted by atomic mass is 10.2. The second-order valence-corrected chi connectivity index (χ2v) is 4.12. The van der Waals surface area contributed by atoms with Crippen LogP contribution in [-0.4, -0.2) is 4.57 Å². The number of halogens is 2. The van der Waals surface area contributed by atoms with Crippen LogP contribution in [0.1, 0.15) is 5.56 Å². The van der Waals surface area contributed by atoms with Crippen molar-refractivity contribution < 1.29 is 0 Å². The number of hydrogen-bond donors (Lipinski definition) is 0. The van der Waals surface area contributed by atoms with Gasteiger partial charge in [0.25, 0.3) is 5.56 Å². The summed E-state index contributed by atoms with van der Waals surface area (Å²) in [5.74, 6) is 0. The van der Waals surface area contributed by atoms with Crippen molar-refractivity contribution in [3.05, 3.63) is 62.5 Å². The normalized spacial score (nSPS) is 9.94. The van der Waals surface area contributed by atoms with Crippen molar-refractivity contribution in [2.45, 2.75) is 0 Å². The molecule has 84 valence electrons. The average molecular weight is 265 g/mol. The van der Waals surface area contributed by atoms with E-state index in [9.17, 15) is 4.79 Å². The Kier molecular flexibility index (Phi) is 3.19. The zero-order valence-electron chi connectivity index (χ0n) is 8.52. The molecule has 0 radical (unpaired) electrons. The van der Waals surface area contributed by atoms with E-state index in [1.54, 1.807) is 30.5 Å². The summed E-state index contributed by atoms with van der Waals surface area (Å²) in [5.41, 5.74) is 0.272. The molecule has 1 aromatic carbocycles. The minimum absolute atomic E-state index is 0.0820. The van der Waals surface area contributed by atoms with E-state index in [0.717, 1.165) is 0 Å². The highest BCUT2D eigenvalue weighted by molar-refractivity contribution is 6.42. The molecule has 0 fully saturated rings. The van der Waals surface area contributed by atoms with Crippen LogP contribution in [0.4, 0.5) is 0 Å². The van der Waals surface area contributed by atoms with Gasteiger partial charge in [0.15, 0.2) is 0 Å². The Morgan fingerprint density at radius 1 is 1.18 bits per heavy atom. The molecule has 0 saturated carbocycles. The monoisotopic (exact) mass is 264 g/mol. The molecule has 0 amide bonds. The fraction of sp³-hybridized carbons (Fsp3) is 0. The van der Waals surface area contributed by atoms with Crippen LogP contribution in [0, 0.1) is 11.3 Å². The third-order valence-electron chi connectivity index (χ3n) is 2.25. The van der Waals surface area contributed by atoms with Gasteiger partial charge >= 0.3 is 0 Å². The Morgan fingerprint density at radius 2 is 1.94 bits per heavy atom. The first-order valence-corrected chi connectivity index (χ1v) is 5.46. The van der Waals surface area contributed by atoms with Gasteiger partial charge in [-0.15, -0.1) is 0 Å². The highest BCUT2D eigenvalue weighted by Crippen LogP contribution is 2.23. The maximum absolute atomic E-state index is 11.9. The maximum atomic E-state index is 11.9. The van der Waals surface area contributed by atoms with Crippen molar-refractivity contribution in [3.63, 3.8) is 0 Å². The predicted molar refractivity (Wildman–Crippen MR) is 66.8 cm³/mol. The summed E-state index contributed by atoms with van der Waals surface area (Å²) in [6, 6.07) is 9.78. The van der Waals surface area contributed by atoms with Crippen LogP contribution in [0.3, 0.4) is 0 Å². The van der Waals surface area contributed by atoms with E-state index in [-0.39, 0.29) is 11.1 Å². The van der Waals surface area contributed by atoms with Gasteiger partial charge in [-0.25, -0.2) is 0 Å². The summed E-state index contributed by atoms with van der Waals surface area (Å²) >= 11 is 11.7. The zero-order chi connectivity index (χ0) is 12.4. The Balaban J connectivity index is 2.66. The summed E-state index contributed by atoms with van der Waals surface area (Å²) in [4.78, 5) is 11.9. The molecule has 0 bridgehead atoms. The second kappa shape index (κ2) is 4.62. The molecule has 17 heavy (non-hydrogen) atoms. The number of nitrogens with zero attached hydrogens (tertiary/aromatic N) is 2. The smallest absolute Gasteiger partial charge is 0.272 e. The van der Waals surface area contributed by atoms with Crippen LogP contribution in [0.5, 0.6) is 0 Å². The minimum atomic E-state index is -0.381. The molecule has 2 aromatic rings. The summed E-state index contributed by atoms with van der Waals surface area (Å²) in [6.45, 7) is 0.